The van der Waals surface area contributed by atoms with Crippen LogP contribution < -0.4 is 4.74 Å². The largest absolute Gasteiger partial charge is 0.497 e. The fraction of sp³-hybridized carbons (Fsp3) is 0.286. The molecule has 0 radical (unpaired) electrons. The summed E-state index contributed by atoms with van der Waals surface area (Å²) in [6, 6.07) is 14.6. The molecular weight excluding hydrogens is 380 g/mol. The SMILES string of the molecule is COc1ccc(C2=NN(C(=O)CCCC(=O)O)[C@@H](c3ccccc3Cl)C2)cc1. The number of ether oxygens (including phenoxy) is 1. The average molecular weight is 401 g/mol. The van der Waals surface area contributed by atoms with E-state index < -0.39 is 5.97 Å². The third-order valence-corrected chi connectivity index (χ3v) is 4.98. The molecule has 0 saturated carbocycles. The summed E-state index contributed by atoms with van der Waals surface area (Å²) < 4.78 is 5.19. The van der Waals surface area contributed by atoms with Crippen molar-refractivity contribution in [2.24, 2.45) is 5.10 Å². The maximum atomic E-state index is 12.8. The minimum absolute atomic E-state index is 0.0502. The van der Waals surface area contributed by atoms with E-state index in [2.05, 4.69) is 5.10 Å². The highest BCUT2D eigenvalue weighted by molar-refractivity contribution is 6.31. The van der Waals surface area contributed by atoms with Crippen molar-refractivity contribution in [3.05, 3.63) is 64.7 Å². The molecule has 0 unspecified atom stereocenters. The van der Waals surface area contributed by atoms with Crippen molar-refractivity contribution in [3.63, 3.8) is 0 Å². The van der Waals surface area contributed by atoms with E-state index >= 15 is 0 Å². The van der Waals surface area contributed by atoms with Crippen molar-refractivity contribution >= 4 is 29.2 Å². The molecule has 6 nitrogen and oxygen atoms in total. The predicted octanol–water partition coefficient (Wildman–Crippen LogP) is 4.28. The van der Waals surface area contributed by atoms with Gasteiger partial charge < -0.3 is 9.84 Å². The highest BCUT2D eigenvalue weighted by Gasteiger charge is 2.33. The zero-order valence-corrected chi connectivity index (χ0v) is 16.2. The number of hydrogen-bond acceptors (Lipinski definition) is 4. The van der Waals surface area contributed by atoms with Crippen LogP contribution in [0.15, 0.2) is 53.6 Å². The minimum Gasteiger partial charge on any atom is -0.497 e. The lowest BCUT2D eigenvalue weighted by Gasteiger charge is -2.22. The molecule has 0 spiro atoms. The summed E-state index contributed by atoms with van der Waals surface area (Å²) in [5, 5.41) is 15.4. The lowest BCUT2D eigenvalue weighted by molar-refractivity contribution is -0.137. The third-order valence-electron chi connectivity index (χ3n) is 4.63. The summed E-state index contributed by atoms with van der Waals surface area (Å²) in [6.45, 7) is 0. The van der Waals surface area contributed by atoms with E-state index in [4.69, 9.17) is 21.4 Å². The van der Waals surface area contributed by atoms with Gasteiger partial charge in [-0.25, -0.2) is 5.01 Å². The topological polar surface area (TPSA) is 79.2 Å². The molecule has 28 heavy (non-hydrogen) atoms. The van der Waals surface area contributed by atoms with Crippen LogP contribution in [-0.2, 0) is 9.59 Å². The molecule has 7 heteroatoms. The summed E-state index contributed by atoms with van der Waals surface area (Å²) in [5.41, 5.74) is 2.50. The smallest absolute Gasteiger partial charge is 0.303 e. The average Bonchev–Trinajstić information content (AvgIpc) is 3.13. The second-order valence-corrected chi connectivity index (χ2v) is 6.91. The monoisotopic (exact) mass is 400 g/mol. The van der Waals surface area contributed by atoms with Crippen molar-refractivity contribution in [3.8, 4) is 5.75 Å². The van der Waals surface area contributed by atoms with Crippen molar-refractivity contribution in [1.29, 1.82) is 0 Å². The number of rotatable bonds is 7. The first-order valence-electron chi connectivity index (χ1n) is 8.99. The van der Waals surface area contributed by atoms with E-state index in [1.807, 2.05) is 42.5 Å². The lowest BCUT2D eigenvalue weighted by Crippen LogP contribution is -2.27. The number of carbonyl (C=O) groups is 2. The Kier molecular flexibility index (Phi) is 6.31. The zero-order chi connectivity index (χ0) is 20.1. The van der Waals surface area contributed by atoms with Gasteiger partial charge in [0.05, 0.1) is 18.9 Å². The van der Waals surface area contributed by atoms with E-state index in [9.17, 15) is 9.59 Å². The Morgan fingerprint density at radius 3 is 2.54 bits per heavy atom. The van der Waals surface area contributed by atoms with Crippen molar-refractivity contribution < 1.29 is 19.4 Å². The molecule has 1 N–H and O–H groups in total. The van der Waals surface area contributed by atoms with Crippen LogP contribution >= 0.6 is 11.6 Å². The summed E-state index contributed by atoms with van der Waals surface area (Å²) in [6.07, 6.45) is 0.867. The first-order valence-corrected chi connectivity index (χ1v) is 9.37. The van der Waals surface area contributed by atoms with E-state index in [0.29, 0.717) is 11.4 Å². The fourth-order valence-corrected chi connectivity index (χ4v) is 3.45. The summed E-state index contributed by atoms with van der Waals surface area (Å²) in [5.74, 6) is -0.388. The molecule has 2 aromatic carbocycles. The highest BCUT2D eigenvalue weighted by atomic mass is 35.5. The number of amides is 1. The molecule has 1 aliphatic rings. The predicted molar refractivity (Wildman–Crippen MR) is 107 cm³/mol. The second kappa shape index (κ2) is 8.89. The van der Waals surface area contributed by atoms with Gasteiger partial charge in [0.2, 0.25) is 5.91 Å². The van der Waals surface area contributed by atoms with Crippen LogP contribution in [0.4, 0.5) is 0 Å². The number of carboxylic acid groups (broad SMARTS) is 1. The van der Waals surface area contributed by atoms with Gasteiger partial charge in [0.15, 0.2) is 0 Å². The van der Waals surface area contributed by atoms with Crippen molar-refractivity contribution in [2.75, 3.05) is 7.11 Å². The number of aliphatic carboxylic acids is 1. The molecule has 3 rings (SSSR count). The first kappa shape index (κ1) is 19.9. The van der Waals surface area contributed by atoms with E-state index in [1.54, 1.807) is 13.2 Å². The van der Waals surface area contributed by atoms with Crippen LogP contribution in [0.5, 0.6) is 5.75 Å². The van der Waals surface area contributed by atoms with Gasteiger partial charge in [-0.2, -0.15) is 5.10 Å². The van der Waals surface area contributed by atoms with Gasteiger partial charge in [0.1, 0.15) is 5.75 Å². The van der Waals surface area contributed by atoms with Gasteiger partial charge in [0, 0.05) is 24.3 Å². The molecule has 146 valence electrons. The quantitative estimate of drug-likeness (QED) is 0.752. The first-order chi connectivity index (χ1) is 13.5. The zero-order valence-electron chi connectivity index (χ0n) is 15.5. The van der Waals surface area contributed by atoms with Gasteiger partial charge in [-0.1, -0.05) is 29.8 Å². The molecular formula is C21H21ClN2O4. The lowest BCUT2D eigenvalue weighted by atomic mass is 9.98. The maximum absolute atomic E-state index is 12.8. The van der Waals surface area contributed by atoms with Gasteiger partial charge in [-0.3, -0.25) is 9.59 Å². The molecule has 1 atom stereocenters. The molecule has 1 aliphatic heterocycles. The second-order valence-electron chi connectivity index (χ2n) is 6.50. The molecule has 1 amide bonds. The van der Waals surface area contributed by atoms with Crippen LogP contribution in [0.2, 0.25) is 5.02 Å². The fourth-order valence-electron chi connectivity index (χ4n) is 3.19. The number of hydrogen-bond donors (Lipinski definition) is 1. The van der Waals surface area contributed by atoms with Crippen molar-refractivity contribution in [2.45, 2.75) is 31.7 Å². The number of benzene rings is 2. The van der Waals surface area contributed by atoms with Gasteiger partial charge in [0.25, 0.3) is 0 Å². The number of carbonyl (C=O) groups excluding carboxylic acids is 1. The van der Waals surface area contributed by atoms with Crippen molar-refractivity contribution in [1.82, 2.24) is 5.01 Å². The Morgan fingerprint density at radius 2 is 1.89 bits per heavy atom. The maximum Gasteiger partial charge on any atom is 0.303 e. The summed E-state index contributed by atoms with van der Waals surface area (Å²) >= 11 is 6.37. The van der Waals surface area contributed by atoms with Gasteiger partial charge >= 0.3 is 5.97 Å². The third kappa shape index (κ3) is 4.51. The number of hydrazone groups is 1. The standard InChI is InChI=1S/C21H21ClN2O4/c1-28-15-11-9-14(10-12-15)18-13-19(16-5-2-3-6-17(16)22)24(23-18)20(25)7-4-8-21(26)27/h2-3,5-6,9-12,19H,4,7-8,13H2,1H3,(H,26,27)/t19-/m1/s1. The molecule has 2 aromatic rings. The molecule has 1 heterocycles. The van der Waals surface area contributed by atoms with Crippen LogP contribution in [0.3, 0.4) is 0 Å². The van der Waals surface area contributed by atoms with E-state index in [1.165, 1.54) is 5.01 Å². The molecule has 0 bridgehead atoms. The number of carboxylic acids is 1. The number of nitrogens with zero attached hydrogens (tertiary/aromatic N) is 2. The normalized spacial score (nSPS) is 16.0. The van der Waals surface area contributed by atoms with Gasteiger partial charge in [-0.05, 0) is 47.9 Å². The Morgan fingerprint density at radius 1 is 1.18 bits per heavy atom. The van der Waals surface area contributed by atoms with E-state index in [-0.39, 0.29) is 31.2 Å². The minimum atomic E-state index is -0.917. The van der Waals surface area contributed by atoms with Crippen LogP contribution in [-0.4, -0.2) is 34.8 Å². The Bertz CT molecular complexity index is 896. The highest BCUT2D eigenvalue weighted by Crippen LogP contribution is 2.36. The Balaban J connectivity index is 1.87. The van der Waals surface area contributed by atoms with Crippen LogP contribution in [0.1, 0.15) is 42.9 Å². The van der Waals surface area contributed by atoms with E-state index in [0.717, 1.165) is 22.6 Å². The molecule has 0 aliphatic carbocycles. The number of methoxy groups -OCH3 is 1. The Hall–Kier alpha value is -2.86. The molecule has 0 fully saturated rings. The summed E-state index contributed by atoms with van der Waals surface area (Å²) in [7, 11) is 1.60. The van der Waals surface area contributed by atoms with Gasteiger partial charge in [-0.15, -0.1) is 0 Å². The Labute approximate surface area is 168 Å². The summed E-state index contributed by atoms with van der Waals surface area (Å²) in [4.78, 5) is 23.5. The van der Waals surface area contributed by atoms with Crippen LogP contribution in [0.25, 0.3) is 0 Å². The number of halogens is 1. The molecule has 0 aromatic heterocycles. The van der Waals surface area contributed by atoms with Crippen LogP contribution in [0, 0.1) is 0 Å². The molecule has 0 saturated heterocycles.